The van der Waals surface area contributed by atoms with Gasteiger partial charge in [0.2, 0.25) is 0 Å². The van der Waals surface area contributed by atoms with Crippen LogP contribution >= 0.6 is 0 Å². The van der Waals surface area contributed by atoms with Crippen molar-refractivity contribution in [3.63, 3.8) is 0 Å². The molecule has 2 heteroatoms. The lowest BCUT2D eigenvalue weighted by Gasteiger charge is -2.06. The van der Waals surface area contributed by atoms with Gasteiger partial charge in [-0.1, -0.05) is 32.9 Å². The standard InChI is InChI=1S/C10H12O2.C2H6/c1-7(8(2)11)9-3-5-10(12)6-4-9;1-2/h3-7,12H,1-2H3;1-2H3. The molecule has 0 amide bonds. The van der Waals surface area contributed by atoms with E-state index in [0.29, 0.717) is 0 Å². The monoisotopic (exact) mass is 194 g/mol. The Labute approximate surface area is 85.6 Å². The Morgan fingerprint density at radius 3 is 2.00 bits per heavy atom. The number of rotatable bonds is 2. The molecule has 0 aromatic heterocycles. The molecular weight excluding hydrogens is 176 g/mol. The Bertz CT molecular complexity index is 275. The van der Waals surface area contributed by atoms with Crippen molar-refractivity contribution in [2.24, 2.45) is 0 Å². The number of Topliss-reactive ketones (excluding diaryl/α,β-unsaturated/α-hetero) is 1. The van der Waals surface area contributed by atoms with Gasteiger partial charge in [0, 0.05) is 5.92 Å². The summed E-state index contributed by atoms with van der Waals surface area (Å²) in [6, 6.07) is 6.71. The van der Waals surface area contributed by atoms with E-state index >= 15 is 0 Å². The first-order chi connectivity index (χ1) is 6.61. The molecule has 0 spiro atoms. The van der Waals surface area contributed by atoms with E-state index < -0.39 is 0 Å². The van der Waals surface area contributed by atoms with Gasteiger partial charge in [0.1, 0.15) is 11.5 Å². The molecule has 1 rings (SSSR count). The fourth-order valence-electron chi connectivity index (χ4n) is 0.998. The van der Waals surface area contributed by atoms with Gasteiger partial charge in [-0.15, -0.1) is 0 Å². The molecule has 1 aromatic carbocycles. The van der Waals surface area contributed by atoms with Crippen LogP contribution in [-0.2, 0) is 4.79 Å². The van der Waals surface area contributed by atoms with E-state index in [4.69, 9.17) is 5.11 Å². The summed E-state index contributed by atoms with van der Waals surface area (Å²) in [5.41, 5.74) is 0.945. The van der Waals surface area contributed by atoms with Gasteiger partial charge in [-0.05, 0) is 24.6 Å². The van der Waals surface area contributed by atoms with Gasteiger partial charge in [0.25, 0.3) is 0 Å². The SMILES string of the molecule is CC.CC(=O)C(C)c1ccc(O)cc1. The van der Waals surface area contributed by atoms with Crippen molar-refractivity contribution in [2.45, 2.75) is 33.6 Å². The lowest BCUT2D eigenvalue weighted by molar-refractivity contribution is -0.118. The average Bonchev–Trinajstić information content (AvgIpc) is 2.21. The maximum absolute atomic E-state index is 11.0. The van der Waals surface area contributed by atoms with Crippen molar-refractivity contribution in [1.29, 1.82) is 0 Å². The van der Waals surface area contributed by atoms with E-state index in [1.54, 1.807) is 31.2 Å². The molecule has 1 aromatic rings. The Kier molecular flexibility index (Phi) is 5.61. The molecule has 0 saturated carbocycles. The Hall–Kier alpha value is -1.31. The minimum Gasteiger partial charge on any atom is -0.508 e. The van der Waals surface area contributed by atoms with Crippen LogP contribution in [-0.4, -0.2) is 10.9 Å². The number of hydrogen-bond donors (Lipinski definition) is 1. The van der Waals surface area contributed by atoms with Gasteiger partial charge in [-0.2, -0.15) is 0 Å². The molecule has 2 nitrogen and oxygen atoms in total. The van der Waals surface area contributed by atoms with E-state index in [9.17, 15) is 4.79 Å². The van der Waals surface area contributed by atoms with E-state index in [-0.39, 0.29) is 17.5 Å². The van der Waals surface area contributed by atoms with Crippen LogP contribution in [0.25, 0.3) is 0 Å². The molecule has 14 heavy (non-hydrogen) atoms. The molecule has 0 aliphatic heterocycles. The fourth-order valence-corrected chi connectivity index (χ4v) is 0.998. The third kappa shape index (κ3) is 3.60. The molecule has 1 unspecified atom stereocenters. The number of carbonyl (C=O) groups is 1. The van der Waals surface area contributed by atoms with Crippen molar-refractivity contribution >= 4 is 5.78 Å². The van der Waals surface area contributed by atoms with Crippen molar-refractivity contribution in [1.82, 2.24) is 0 Å². The van der Waals surface area contributed by atoms with Crippen LogP contribution < -0.4 is 0 Å². The zero-order valence-corrected chi connectivity index (χ0v) is 9.24. The van der Waals surface area contributed by atoms with Crippen LogP contribution in [0.1, 0.15) is 39.2 Å². The topological polar surface area (TPSA) is 37.3 Å². The summed E-state index contributed by atoms with van der Waals surface area (Å²) in [5, 5.41) is 8.99. The second-order valence-electron chi connectivity index (χ2n) is 2.92. The largest absolute Gasteiger partial charge is 0.508 e. The molecule has 0 aliphatic carbocycles. The first kappa shape index (κ1) is 12.7. The van der Waals surface area contributed by atoms with Crippen molar-refractivity contribution in [3.8, 4) is 5.75 Å². The molecule has 0 radical (unpaired) electrons. The molecule has 1 N–H and O–H groups in total. The highest BCUT2D eigenvalue weighted by Crippen LogP contribution is 2.18. The van der Waals surface area contributed by atoms with Crippen molar-refractivity contribution in [3.05, 3.63) is 29.8 Å². The summed E-state index contributed by atoms with van der Waals surface area (Å²) >= 11 is 0. The van der Waals surface area contributed by atoms with Crippen LogP contribution in [0, 0.1) is 0 Å². The van der Waals surface area contributed by atoms with E-state index in [0.717, 1.165) is 5.56 Å². The summed E-state index contributed by atoms with van der Waals surface area (Å²) in [6.45, 7) is 7.42. The third-order valence-corrected chi connectivity index (χ3v) is 2.00. The lowest BCUT2D eigenvalue weighted by atomic mass is 9.98. The summed E-state index contributed by atoms with van der Waals surface area (Å²) in [5.74, 6) is 0.292. The predicted molar refractivity (Wildman–Crippen MR) is 58.6 cm³/mol. The Balaban J connectivity index is 0.000000791. The second-order valence-corrected chi connectivity index (χ2v) is 2.92. The highest BCUT2D eigenvalue weighted by Gasteiger charge is 2.09. The zero-order valence-electron chi connectivity index (χ0n) is 9.24. The van der Waals surface area contributed by atoms with Gasteiger partial charge >= 0.3 is 0 Å². The predicted octanol–water partition coefficient (Wildman–Crippen LogP) is 3.11. The lowest BCUT2D eigenvalue weighted by Crippen LogP contribution is -2.03. The normalized spacial score (nSPS) is 11.1. The van der Waals surface area contributed by atoms with Gasteiger partial charge in [-0.3, -0.25) is 4.79 Å². The van der Waals surface area contributed by atoms with Gasteiger partial charge < -0.3 is 5.11 Å². The van der Waals surface area contributed by atoms with E-state index in [2.05, 4.69) is 0 Å². The first-order valence-corrected chi connectivity index (χ1v) is 4.90. The number of hydrogen-bond acceptors (Lipinski definition) is 2. The molecule has 1 atom stereocenters. The minimum absolute atomic E-state index is 0.0781. The maximum Gasteiger partial charge on any atom is 0.136 e. The van der Waals surface area contributed by atoms with E-state index in [1.807, 2.05) is 20.8 Å². The van der Waals surface area contributed by atoms with Crippen LogP contribution in [0.5, 0.6) is 5.75 Å². The number of aromatic hydroxyl groups is 1. The third-order valence-electron chi connectivity index (χ3n) is 2.00. The Morgan fingerprint density at radius 2 is 1.64 bits per heavy atom. The molecule has 78 valence electrons. The average molecular weight is 194 g/mol. The quantitative estimate of drug-likeness (QED) is 0.785. The van der Waals surface area contributed by atoms with Gasteiger partial charge in [0.05, 0.1) is 0 Å². The second kappa shape index (κ2) is 6.19. The highest BCUT2D eigenvalue weighted by molar-refractivity contribution is 5.82. The zero-order chi connectivity index (χ0) is 11.1. The molecular formula is C12H18O2. The molecule has 0 fully saturated rings. The molecule has 0 aliphatic rings. The number of phenols is 1. The smallest absolute Gasteiger partial charge is 0.136 e. The number of benzene rings is 1. The van der Waals surface area contributed by atoms with Gasteiger partial charge in [0.15, 0.2) is 0 Å². The first-order valence-electron chi connectivity index (χ1n) is 4.90. The number of phenolic OH excluding ortho intramolecular Hbond substituents is 1. The molecule has 0 saturated heterocycles. The maximum atomic E-state index is 11.0. The summed E-state index contributed by atoms with van der Waals surface area (Å²) in [6.07, 6.45) is 0. The van der Waals surface area contributed by atoms with Gasteiger partial charge in [-0.25, -0.2) is 0 Å². The van der Waals surface area contributed by atoms with Crippen LogP contribution in [0.15, 0.2) is 24.3 Å². The Morgan fingerprint density at radius 1 is 1.21 bits per heavy atom. The minimum atomic E-state index is -0.0781. The van der Waals surface area contributed by atoms with Crippen LogP contribution in [0.3, 0.4) is 0 Å². The summed E-state index contributed by atoms with van der Waals surface area (Å²) < 4.78 is 0. The van der Waals surface area contributed by atoms with Crippen LogP contribution in [0.2, 0.25) is 0 Å². The number of carbonyl (C=O) groups excluding carboxylic acids is 1. The molecule has 0 heterocycles. The highest BCUT2D eigenvalue weighted by atomic mass is 16.3. The van der Waals surface area contributed by atoms with Crippen molar-refractivity contribution < 1.29 is 9.90 Å². The van der Waals surface area contributed by atoms with Crippen molar-refractivity contribution in [2.75, 3.05) is 0 Å². The van der Waals surface area contributed by atoms with E-state index in [1.165, 1.54) is 0 Å². The summed E-state index contributed by atoms with van der Waals surface area (Å²) in [4.78, 5) is 11.0. The number of ketones is 1. The molecule has 0 bridgehead atoms. The summed E-state index contributed by atoms with van der Waals surface area (Å²) in [7, 11) is 0. The van der Waals surface area contributed by atoms with Crippen LogP contribution in [0.4, 0.5) is 0 Å². The fraction of sp³-hybridized carbons (Fsp3) is 0.417.